The number of benzene rings is 2. The topological polar surface area (TPSA) is 108 Å². The number of hydrogen-bond donors (Lipinski definition) is 2. The fourth-order valence-electron chi connectivity index (χ4n) is 2.27. The molecule has 0 heterocycles. The third kappa shape index (κ3) is 5.13. The number of rotatable bonds is 7. The number of anilines is 1. The second-order valence-electron chi connectivity index (χ2n) is 5.65. The summed E-state index contributed by atoms with van der Waals surface area (Å²) in [4.78, 5) is 12.3. The van der Waals surface area contributed by atoms with Gasteiger partial charge in [0.05, 0.1) is 23.1 Å². The second kappa shape index (κ2) is 8.58. The van der Waals surface area contributed by atoms with Crippen LogP contribution >= 0.6 is 0 Å². The largest absolute Gasteiger partial charge is 0.383 e. The normalized spacial score (nSPS) is 12.2. The molecule has 0 spiro atoms. The predicted octanol–water partition coefficient (Wildman–Crippen LogP) is 2.12. The highest BCUT2D eigenvalue weighted by molar-refractivity contribution is 7.89. The van der Waals surface area contributed by atoms with Gasteiger partial charge in [-0.2, -0.15) is 5.26 Å². The van der Waals surface area contributed by atoms with Crippen LogP contribution in [-0.2, 0) is 14.8 Å². The maximum Gasteiger partial charge on any atom is 0.255 e. The first kappa shape index (κ1) is 19.6. The minimum Gasteiger partial charge on any atom is -0.383 e. The molecule has 0 aliphatic heterocycles. The van der Waals surface area contributed by atoms with E-state index >= 15 is 0 Å². The molecule has 2 N–H and O–H groups in total. The molecule has 0 saturated carbocycles. The molecule has 0 aromatic heterocycles. The van der Waals surface area contributed by atoms with Crippen LogP contribution in [0.15, 0.2) is 53.4 Å². The van der Waals surface area contributed by atoms with Crippen molar-refractivity contribution in [2.45, 2.75) is 17.9 Å². The Labute approximate surface area is 152 Å². The fourth-order valence-corrected chi connectivity index (χ4v) is 3.50. The highest BCUT2D eigenvalue weighted by Gasteiger charge is 2.18. The fraction of sp³-hybridized carbons (Fsp3) is 0.222. The Morgan fingerprint density at radius 3 is 2.54 bits per heavy atom. The van der Waals surface area contributed by atoms with Gasteiger partial charge in [0.15, 0.2) is 0 Å². The van der Waals surface area contributed by atoms with Crippen LogP contribution in [0.5, 0.6) is 0 Å². The molecule has 0 fully saturated rings. The Morgan fingerprint density at radius 2 is 1.92 bits per heavy atom. The maximum absolute atomic E-state index is 12.3. The molecule has 1 atom stereocenters. The predicted molar refractivity (Wildman–Crippen MR) is 97.2 cm³/mol. The van der Waals surface area contributed by atoms with Gasteiger partial charge in [0, 0.05) is 24.4 Å². The van der Waals surface area contributed by atoms with Gasteiger partial charge >= 0.3 is 0 Å². The average Bonchev–Trinajstić information content (AvgIpc) is 2.61. The van der Waals surface area contributed by atoms with Crippen LogP contribution in [0.25, 0.3) is 0 Å². The van der Waals surface area contributed by atoms with Crippen molar-refractivity contribution in [3.05, 3.63) is 59.7 Å². The Bertz CT molecular complexity index is 918. The van der Waals surface area contributed by atoms with Crippen molar-refractivity contribution in [1.29, 1.82) is 5.26 Å². The summed E-state index contributed by atoms with van der Waals surface area (Å²) in [6, 6.07) is 13.7. The minimum atomic E-state index is -3.69. The monoisotopic (exact) mass is 373 g/mol. The number of nitrogens with one attached hydrogen (secondary N) is 2. The standard InChI is InChI=1S/C18H19N3O4S/c1-13(12-25-2)21-26(23,24)17-8-6-15(7-9-17)18(22)20-16-5-3-4-14(10-16)11-19/h3-10,13,21H,12H2,1-2H3,(H,20,22)/t13-/m0/s1. The first-order valence-electron chi connectivity index (χ1n) is 7.78. The van der Waals surface area contributed by atoms with Crippen molar-refractivity contribution in [1.82, 2.24) is 4.72 Å². The number of nitrogens with zero attached hydrogens (tertiary/aromatic N) is 1. The van der Waals surface area contributed by atoms with E-state index in [1.54, 1.807) is 31.2 Å². The molecule has 8 heteroatoms. The third-order valence-corrected chi connectivity index (χ3v) is 5.05. The molecule has 1 amide bonds. The Hall–Kier alpha value is -2.73. The molecule has 0 aliphatic carbocycles. The van der Waals surface area contributed by atoms with Crippen LogP contribution in [0, 0.1) is 11.3 Å². The Morgan fingerprint density at radius 1 is 1.23 bits per heavy atom. The molecule has 0 aliphatic rings. The summed E-state index contributed by atoms with van der Waals surface area (Å²) in [7, 11) is -2.20. The van der Waals surface area contributed by atoms with E-state index < -0.39 is 15.9 Å². The molecule has 0 unspecified atom stereocenters. The number of amides is 1. The van der Waals surface area contributed by atoms with Crippen molar-refractivity contribution in [2.75, 3.05) is 19.0 Å². The van der Waals surface area contributed by atoms with Gasteiger partial charge in [-0.05, 0) is 49.4 Å². The van der Waals surface area contributed by atoms with E-state index in [9.17, 15) is 13.2 Å². The van der Waals surface area contributed by atoms with Gasteiger partial charge in [-0.15, -0.1) is 0 Å². The molecule has 0 saturated heterocycles. The molecular formula is C18H19N3O4S. The van der Waals surface area contributed by atoms with Gasteiger partial charge in [0.1, 0.15) is 0 Å². The van der Waals surface area contributed by atoms with E-state index in [1.807, 2.05) is 6.07 Å². The van der Waals surface area contributed by atoms with Crippen LogP contribution in [-0.4, -0.2) is 34.1 Å². The molecule has 7 nitrogen and oxygen atoms in total. The number of carbonyl (C=O) groups is 1. The summed E-state index contributed by atoms with van der Waals surface area (Å²) >= 11 is 0. The van der Waals surface area contributed by atoms with Crippen molar-refractivity contribution in [3.8, 4) is 6.07 Å². The van der Waals surface area contributed by atoms with Crippen LogP contribution in [0.3, 0.4) is 0 Å². The SMILES string of the molecule is COC[C@H](C)NS(=O)(=O)c1ccc(C(=O)Nc2cccc(C#N)c2)cc1. The van der Waals surface area contributed by atoms with Gasteiger partial charge in [-0.1, -0.05) is 6.07 Å². The maximum atomic E-state index is 12.3. The lowest BCUT2D eigenvalue weighted by Crippen LogP contribution is -2.35. The van der Waals surface area contributed by atoms with Crippen molar-refractivity contribution in [3.63, 3.8) is 0 Å². The van der Waals surface area contributed by atoms with Crippen molar-refractivity contribution < 1.29 is 17.9 Å². The molecule has 0 radical (unpaired) electrons. The summed E-state index contributed by atoms with van der Waals surface area (Å²) < 4.78 is 31.9. The van der Waals surface area contributed by atoms with Gasteiger partial charge in [0.25, 0.3) is 5.91 Å². The lowest BCUT2D eigenvalue weighted by Gasteiger charge is -2.13. The van der Waals surface area contributed by atoms with Gasteiger partial charge in [-0.25, -0.2) is 13.1 Å². The van der Waals surface area contributed by atoms with E-state index in [0.29, 0.717) is 16.8 Å². The number of nitriles is 1. The second-order valence-corrected chi connectivity index (χ2v) is 7.36. The number of hydrogen-bond acceptors (Lipinski definition) is 5. The molecule has 26 heavy (non-hydrogen) atoms. The van der Waals surface area contributed by atoms with Crippen LogP contribution < -0.4 is 10.0 Å². The summed E-state index contributed by atoms with van der Waals surface area (Å²) in [5.74, 6) is -0.398. The third-order valence-electron chi connectivity index (χ3n) is 3.45. The minimum absolute atomic E-state index is 0.0588. The zero-order chi connectivity index (χ0) is 19.2. The van der Waals surface area contributed by atoms with Gasteiger partial charge in [-0.3, -0.25) is 4.79 Å². The molecule has 2 rings (SSSR count). The van der Waals surface area contributed by atoms with E-state index in [1.165, 1.54) is 31.4 Å². The lowest BCUT2D eigenvalue weighted by atomic mass is 10.2. The first-order chi connectivity index (χ1) is 12.4. The number of sulfonamides is 1. The highest BCUT2D eigenvalue weighted by Crippen LogP contribution is 2.14. The van der Waals surface area contributed by atoms with E-state index in [4.69, 9.17) is 10.00 Å². The summed E-state index contributed by atoms with van der Waals surface area (Å²) in [5, 5.41) is 11.6. The summed E-state index contributed by atoms with van der Waals surface area (Å²) in [5.41, 5.74) is 1.22. The van der Waals surface area contributed by atoms with E-state index in [2.05, 4.69) is 10.0 Å². The lowest BCUT2D eigenvalue weighted by molar-refractivity contribution is 0.102. The van der Waals surface area contributed by atoms with E-state index in [0.717, 1.165) is 0 Å². The summed E-state index contributed by atoms with van der Waals surface area (Å²) in [6.07, 6.45) is 0. The first-order valence-corrected chi connectivity index (χ1v) is 9.27. The van der Waals surface area contributed by atoms with Crippen molar-refractivity contribution >= 4 is 21.6 Å². The average molecular weight is 373 g/mol. The summed E-state index contributed by atoms with van der Waals surface area (Å²) in [6.45, 7) is 1.94. The van der Waals surface area contributed by atoms with Crippen molar-refractivity contribution in [2.24, 2.45) is 0 Å². The Kier molecular flexibility index (Phi) is 6.46. The smallest absolute Gasteiger partial charge is 0.255 e. The molecule has 136 valence electrons. The zero-order valence-electron chi connectivity index (χ0n) is 14.4. The van der Waals surface area contributed by atoms with Crippen LogP contribution in [0.1, 0.15) is 22.8 Å². The Balaban J connectivity index is 2.11. The zero-order valence-corrected chi connectivity index (χ0v) is 15.2. The molecule has 0 bridgehead atoms. The number of methoxy groups -OCH3 is 1. The van der Waals surface area contributed by atoms with E-state index in [-0.39, 0.29) is 17.5 Å². The van der Waals surface area contributed by atoms with Gasteiger partial charge in [0.2, 0.25) is 10.0 Å². The molecule has 2 aromatic carbocycles. The quantitative estimate of drug-likeness (QED) is 0.773. The molecule has 2 aromatic rings. The van der Waals surface area contributed by atoms with Crippen LogP contribution in [0.4, 0.5) is 5.69 Å². The van der Waals surface area contributed by atoms with Crippen LogP contribution in [0.2, 0.25) is 0 Å². The van der Waals surface area contributed by atoms with Gasteiger partial charge < -0.3 is 10.1 Å². The number of ether oxygens (including phenoxy) is 1. The molecular weight excluding hydrogens is 354 g/mol. The number of carbonyl (C=O) groups excluding carboxylic acids is 1. The highest BCUT2D eigenvalue weighted by atomic mass is 32.2.